The molecule has 0 saturated carbocycles. The van der Waals surface area contributed by atoms with E-state index in [-0.39, 0.29) is 12.3 Å². The van der Waals surface area contributed by atoms with Gasteiger partial charge in [-0.05, 0) is 24.0 Å². The summed E-state index contributed by atoms with van der Waals surface area (Å²) in [4.78, 5) is 23.9. The minimum atomic E-state index is -3.65. The second kappa shape index (κ2) is 8.79. The summed E-state index contributed by atoms with van der Waals surface area (Å²) < 4.78 is 24.2. The first-order chi connectivity index (χ1) is 10.3. The Morgan fingerprint density at radius 3 is 2.41 bits per heavy atom. The molecule has 6 nitrogen and oxygen atoms in total. The van der Waals surface area contributed by atoms with Crippen LogP contribution < -0.4 is 10.0 Å². The summed E-state index contributed by atoms with van der Waals surface area (Å²) in [5, 5.41) is 2.59. The number of nitrogens with one attached hydrogen (secondary N) is 2. The van der Waals surface area contributed by atoms with Crippen LogP contribution in [0, 0.1) is 0 Å². The first-order valence-corrected chi connectivity index (χ1v) is 9.94. The molecule has 0 aliphatic heterocycles. The highest BCUT2D eigenvalue weighted by atomic mass is 32.2. The second-order valence-electron chi connectivity index (χ2n) is 4.80. The van der Waals surface area contributed by atoms with Gasteiger partial charge in [-0.3, -0.25) is 14.3 Å². The van der Waals surface area contributed by atoms with Crippen LogP contribution >= 0.6 is 11.8 Å². The van der Waals surface area contributed by atoms with Gasteiger partial charge >= 0.3 is 0 Å². The van der Waals surface area contributed by atoms with Crippen molar-refractivity contribution >= 4 is 33.6 Å². The molecule has 2 N–H and O–H groups in total. The van der Waals surface area contributed by atoms with E-state index in [0.29, 0.717) is 12.2 Å². The predicted octanol–water partition coefficient (Wildman–Crippen LogP) is 0.543. The molecule has 1 rings (SSSR count). The maximum absolute atomic E-state index is 12.0. The van der Waals surface area contributed by atoms with Gasteiger partial charge in [-0.2, -0.15) is 11.8 Å². The van der Waals surface area contributed by atoms with E-state index in [2.05, 4.69) is 5.32 Å². The van der Waals surface area contributed by atoms with Gasteiger partial charge in [0.05, 0.1) is 12.7 Å². The Labute approximate surface area is 135 Å². The number of thioether (sulfide) groups is 1. The summed E-state index contributed by atoms with van der Waals surface area (Å²) >= 11 is 1.52. The molecule has 1 atom stereocenters. The number of sulfonamides is 1. The molecule has 0 spiro atoms. The zero-order valence-electron chi connectivity index (χ0n) is 12.5. The molecule has 22 heavy (non-hydrogen) atoms. The number of benzene rings is 1. The second-order valence-corrected chi connectivity index (χ2v) is 7.54. The van der Waals surface area contributed by atoms with Crippen LogP contribution in [-0.2, 0) is 26.0 Å². The third-order valence-electron chi connectivity index (χ3n) is 2.76. The number of rotatable bonds is 8. The van der Waals surface area contributed by atoms with Crippen LogP contribution in [0.4, 0.5) is 0 Å². The topological polar surface area (TPSA) is 92.3 Å². The third-order valence-corrected chi connectivity index (χ3v) is 3.97. The van der Waals surface area contributed by atoms with E-state index in [9.17, 15) is 18.0 Å². The Bertz CT molecular complexity index is 603. The Balaban J connectivity index is 2.67. The lowest BCUT2D eigenvalue weighted by Gasteiger charge is -2.17. The van der Waals surface area contributed by atoms with Gasteiger partial charge in [0.2, 0.25) is 15.9 Å². The molecular weight excluding hydrogens is 324 g/mol. The van der Waals surface area contributed by atoms with E-state index in [0.717, 1.165) is 11.8 Å². The van der Waals surface area contributed by atoms with Crippen molar-refractivity contribution in [3.63, 3.8) is 0 Å². The van der Waals surface area contributed by atoms with Gasteiger partial charge in [-0.1, -0.05) is 30.3 Å². The Kier molecular flexibility index (Phi) is 7.40. The summed E-state index contributed by atoms with van der Waals surface area (Å²) in [6.07, 6.45) is 3.28. The van der Waals surface area contributed by atoms with E-state index in [4.69, 9.17) is 0 Å². The molecule has 0 fully saturated rings. The van der Waals surface area contributed by atoms with Crippen molar-refractivity contribution in [2.24, 2.45) is 0 Å². The quantitative estimate of drug-likeness (QED) is 0.718. The molecule has 0 saturated heterocycles. The van der Waals surface area contributed by atoms with Crippen molar-refractivity contribution in [1.29, 1.82) is 0 Å². The molecule has 0 unspecified atom stereocenters. The highest BCUT2D eigenvalue weighted by Gasteiger charge is 2.22. The molecular formula is C14H20N2O4S2. The molecule has 0 aliphatic rings. The number of hydrogen-bond donors (Lipinski definition) is 2. The van der Waals surface area contributed by atoms with Crippen LogP contribution in [0.2, 0.25) is 0 Å². The van der Waals surface area contributed by atoms with Gasteiger partial charge in [-0.15, -0.1) is 0 Å². The predicted molar refractivity (Wildman–Crippen MR) is 88.1 cm³/mol. The summed E-state index contributed by atoms with van der Waals surface area (Å²) in [5.74, 6) is -0.396. The van der Waals surface area contributed by atoms with Gasteiger partial charge < -0.3 is 5.32 Å². The zero-order chi connectivity index (χ0) is 16.6. The fraction of sp³-hybridized carbons (Fsp3) is 0.429. The normalized spacial score (nSPS) is 12.5. The molecule has 0 bridgehead atoms. The van der Waals surface area contributed by atoms with Gasteiger partial charge in [0, 0.05) is 0 Å². The average molecular weight is 344 g/mol. The Morgan fingerprint density at radius 2 is 1.86 bits per heavy atom. The van der Waals surface area contributed by atoms with Crippen molar-refractivity contribution in [2.75, 3.05) is 18.3 Å². The smallest absolute Gasteiger partial charge is 0.256 e. The molecule has 0 heterocycles. The summed E-state index contributed by atoms with van der Waals surface area (Å²) in [7, 11) is -3.65. The van der Waals surface area contributed by atoms with E-state index >= 15 is 0 Å². The summed E-state index contributed by atoms with van der Waals surface area (Å²) in [5.41, 5.74) is 0.826. The maximum atomic E-state index is 12.0. The van der Waals surface area contributed by atoms with Gasteiger partial charge in [0.15, 0.2) is 0 Å². The largest absolute Gasteiger partial charge is 0.344 e. The van der Waals surface area contributed by atoms with E-state index in [1.807, 2.05) is 41.3 Å². The molecule has 0 aromatic heterocycles. The molecule has 0 radical (unpaired) electrons. The van der Waals surface area contributed by atoms with E-state index in [1.54, 1.807) is 0 Å². The number of amides is 2. The number of carbonyl (C=O) groups is 2. The molecule has 122 valence electrons. The summed E-state index contributed by atoms with van der Waals surface area (Å²) in [6, 6.07) is 8.26. The SMILES string of the molecule is CSCC[C@H](NC(=O)Cc1ccccc1)C(=O)NS(C)(=O)=O. The van der Waals surface area contributed by atoms with Crippen molar-refractivity contribution in [2.45, 2.75) is 18.9 Å². The van der Waals surface area contributed by atoms with Gasteiger partial charge in [-0.25, -0.2) is 8.42 Å². The van der Waals surface area contributed by atoms with Crippen LogP contribution in [-0.4, -0.2) is 44.5 Å². The lowest BCUT2D eigenvalue weighted by Crippen LogP contribution is -2.48. The molecule has 2 amide bonds. The summed E-state index contributed by atoms with van der Waals surface area (Å²) in [6.45, 7) is 0. The van der Waals surface area contributed by atoms with Gasteiger partial charge in [0.25, 0.3) is 5.91 Å². The van der Waals surface area contributed by atoms with Crippen LogP contribution in [0.1, 0.15) is 12.0 Å². The highest BCUT2D eigenvalue weighted by molar-refractivity contribution is 7.98. The minimum Gasteiger partial charge on any atom is -0.344 e. The van der Waals surface area contributed by atoms with Crippen LogP contribution in [0.15, 0.2) is 30.3 Å². The fourth-order valence-corrected chi connectivity index (χ4v) is 2.76. The monoisotopic (exact) mass is 344 g/mol. The number of carbonyl (C=O) groups excluding carboxylic acids is 2. The van der Waals surface area contributed by atoms with E-state index < -0.39 is 22.0 Å². The van der Waals surface area contributed by atoms with Crippen molar-refractivity contribution in [1.82, 2.24) is 10.0 Å². The average Bonchev–Trinajstić information content (AvgIpc) is 2.42. The van der Waals surface area contributed by atoms with Crippen LogP contribution in [0.3, 0.4) is 0 Å². The first-order valence-electron chi connectivity index (χ1n) is 6.65. The molecule has 8 heteroatoms. The lowest BCUT2D eigenvalue weighted by molar-refractivity contribution is -0.127. The molecule has 1 aromatic rings. The molecule has 0 aliphatic carbocycles. The Morgan fingerprint density at radius 1 is 1.23 bits per heavy atom. The van der Waals surface area contributed by atoms with E-state index in [1.165, 1.54) is 11.8 Å². The zero-order valence-corrected chi connectivity index (χ0v) is 14.2. The molecule has 1 aromatic carbocycles. The van der Waals surface area contributed by atoms with Crippen molar-refractivity contribution < 1.29 is 18.0 Å². The van der Waals surface area contributed by atoms with Crippen LogP contribution in [0.5, 0.6) is 0 Å². The maximum Gasteiger partial charge on any atom is 0.256 e. The van der Waals surface area contributed by atoms with Crippen LogP contribution in [0.25, 0.3) is 0 Å². The highest BCUT2D eigenvalue weighted by Crippen LogP contribution is 2.04. The van der Waals surface area contributed by atoms with Crippen molar-refractivity contribution in [3.05, 3.63) is 35.9 Å². The minimum absolute atomic E-state index is 0.142. The Hall–Kier alpha value is -1.54. The fourth-order valence-electron chi connectivity index (χ4n) is 1.78. The van der Waals surface area contributed by atoms with Crippen molar-refractivity contribution in [3.8, 4) is 0 Å². The first kappa shape index (κ1) is 18.5. The third kappa shape index (κ3) is 7.46. The standard InChI is InChI=1S/C14H20N2O4S2/c1-21-9-8-12(14(18)16-22(2,19)20)15-13(17)10-11-6-4-3-5-7-11/h3-7,12H,8-10H2,1-2H3,(H,15,17)(H,16,18)/t12-/m0/s1. The van der Waals surface area contributed by atoms with Gasteiger partial charge in [0.1, 0.15) is 6.04 Å². The number of hydrogen-bond acceptors (Lipinski definition) is 5. The lowest BCUT2D eigenvalue weighted by atomic mass is 10.1.